The molecule has 28 heavy (non-hydrogen) atoms. The van der Waals surface area contributed by atoms with Gasteiger partial charge in [0.25, 0.3) is 0 Å². The number of hydrogen-bond donors (Lipinski definition) is 7. The van der Waals surface area contributed by atoms with Crippen LogP contribution in [0.2, 0.25) is 0 Å². The fourth-order valence-corrected chi connectivity index (χ4v) is 2.28. The number of hydrogen-bond acceptors (Lipinski definition) is 7. The molecule has 0 radical (unpaired) electrons. The molecule has 9 N–H and O–H groups in total. The minimum absolute atomic E-state index is 0.352. The number of carboxylic acids is 1. The summed E-state index contributed by atoms with van der Waals surface area (Å²) in [6, 6.07) is -4.32. The highest BCUT2D eigenvalue weighted by molar-refractivity contribution is 5.93. The number of rotatable bonds is 13. The minimum Gasteiger partial charge on any atom is -0.480 e. The molecule has 0 spiro atoms. The molecule has 0 rings (SSSR count). The molecule has 0 aromatic heterocycles. The fraction of sp³-hybridized carbons (Fsp3) is 0.765. The average Bonchev–Trinajstić information content (AvgIpc) is 2.62. The second-order valence-corrected chi connectivity index (χ2v) is 6.93. The van der Waals surface area contributed by atoms with Gasteiger partial charge in [0.1, 0.15) is 18.1 Å². The number of nitrogens with two attached hydrogens (primary N) is 2. The predicted octanol–water partition coefficient (Wildman–Crippen LogP) is -2.35. The van der Waals surface area contributed by atoms with Crippen molar-refractivity contribution in [2.24, 2.45) is 17.4 Å². The lowest BCUT2D eigenvalue weighted by atomic mass is 10.0. The second kappa shape index (κ2) is 13.0. The lowest BCUT2D eigenvalue weighted by molar-refractivity contribution is -0.143. The molecule has 0 heterocycles. The molecule has 0 aromatic carbocycles. The maximum Gasteiger partial charge on any atom is 0.326 e. The molecule has 0 saturated heterocycles. The van der Waals surface area contributed by atoms with E-state index in [2.05, 4.69) is 16.0 Å². The van der Waals surface area contributed by atoms with Gasteiger partial charge in [0, 0.05) is 0 Å². The SMILES string of the molecule is CC(NC(=O)C(CO)NC(=O)C(N)CCCCN)C(=O)NC(C(=O)O)C(C)C. The first kappa shape index (κ1) is 25.8. The molecule has 162 valence electrons. The Morgan fingerprint density at radius 3 is 2.00 bits per heavy atom. The summed E-state index contributed by atoms with van der Waals surface area (Å²) in [6.45, 7) is 4.43. The molecule has 4 unspecified atom stereocenters. The first-order valence-corrected chi connectivity index (χ1v) is 9.25. The largest absolute Gasteiger partial charge is 0.480 e. The van der Waals surface area contributed by atoms with Gasteiger partial charge < -0.3 is 37.6 Å². The van der Waals surface area contributed by atoms with Crippen LogP contribution in [-0.4, -0.2) is 71.2 Å². The van der Waals surface area contributed by atoms with Gasteiger partial charge in [-0.2, -0.15) is 0 Å². The summed E-state index contributed by atoms with van der Waals surface area (Å²) in [5.41, 5.74) is 11.1. The summed E-state index contributed by atoms with van der Waals surface area (Å²) in [5.74, 6) is -3.63. The van der Waals surface area contributed by atoms with Crippen LogP contribution in [0.25, 0.3) is 0 Å². The van der Waals surface area contributed by atoms with Gasteiger partial charge in [-0.3, -0.25) is 14.4 Å². The smallest absolute Gasteiger partial charge is 0.326 e. The maximum absolute atomic E-state index is 12.2. The molecule has 0 aromatic rings. The number of aliphatic hydroxyl groups is 1. The molecule has 0 bridgehead atoms. The summed E-state index contributed by atoms with van der Waals surface area (Å²) in [5, 5.41) is 25.5. The molecule has 0 fully saturated rings. The fourth-order valence-electron chi connectivity index (χ4n) is 2.28. The van der Waals surface area contributed by atoms with E-state index in [1.165, 1.54) is 6.92 Å². The van der Waals surface area contributed by atoms with Gasteiger partial charge in [0.2, 0.25) is 17.7 Å². The molecule has 0 aliphatic heterocycles. The van der Waals surface area contributed by atoms with Crippen molar-refractivity contribution in [3.05, 3.63) is 0 Å². The summed E-state index contributed by atoms with van der Waals surface area (Å²) in [4.78, 5) is 47.5. The highest BCUT2D eigenvalue weighted by Gasteiger charge is 2.29. The van der Waals surface area contributed by atoms with Crippen molar-refractivity contribution in [1.82, 2.24) is 16.0 Å². The van der Waals surface area contributed by atoms with Gasteiger partial charge in [-0.1, -0.05) is 20.3 Å². The van der Waals surface area contributed by atoms with Crippen molar-refractivity contribution in [3.63, 3.8) is 0 Å². The van der Waals surface area contributed by atoms with Crippen LogP contribution in [-0.2, 0) is 19.2 Å². The summed E-state index contributed by atoms with van der Waals surface area (Å²) in [7, 11) is 0. The predicted molar refractivity (Wildman–Crippen MR) is 102 cm³/mol. The molecule has 4 atom stereocenters. The molecular formula is C17H33N5O6. The van der Waals surface area contributed by atoms with Gasteiger partial charge >= 0.3 is 5.97 Å². The van der Waals surface area contributed by atoms with E-state index >= 15 is 0 Å². The third-order valence-electron chi connectivity index (χ3n) is 4.10. The van der Waals surface area contributed by atoms with Crippen LogP contribution < -0.4 is 27.4 Å². The summed E-state index contributed by atoms with van der Waals surface area (Å²) >= 11 is 0. The zero-order valence-corrected chi connectivity index (χ0v) is 16.6. The maximum atomic E-state index is 12.2. The standard InChI is InChI=1S/C17H33N5O6/c1-9(2)13(17(27)28)22-14(24)10(3)20-16(26)12(8-23)21-15(25)11(19)6-4-5-7-18/h9-13,23H,4-8,18-19H2,1-3H3,(H,20,26)(H,21,25)(H,22,24)(H,27,28). The number of carbonyl (C=O) groups is 4. The monoisotopic (exact) mass is 403 g/mol. The van der Waals surface area contributed by atoms with Crippen molar-refractivity contribution in [3.8, 4) is 0 Å². The third kappa shape index (κ3) is 9.11. The van der Waals surface area contributed by atoms with Gasteiger partial charge in [0.05, 0.1) is 12.6 Å². The minimum atomic E-state index is -1.29. The topological polar surface area (TPSA) is 197 Å². The Morgan fingerprint density at radius 2 is 1.54 bits per heavy atom. The number of nitrogens with one attached hydrogen (secondary N) is 3. The van der Waals surface area contributed by atoms with E-state index in [0.29, 0.717) is 25.8 Å². The number of carboxylic acid groups (broad SMARTS) is 1. The number of aliphatic hydroxyl groups excluding tert-OH is 1. The number of aliphatic carboxylic acids is 1. The van der Waals surface area contributed by atoms with Crippen LogP contribution in [0.1, 0.15) is 40.0 Å². The van der Waals surface area contributed by atoms with Crippen LogP contribution in [0.4, 0.5) is 0 Å². The summed E-state index contributed by atoms with van der Waals surface area (Å²) < 4.78 is 0. The van der Waals surface area contributed by atoms with E-state index in [9.17, 15) is 24.3 Å². The molecule has 3 amide bonds. The number of unbranched alkanes of at least 4 members (excludes halogenated alkanes) is 1. The zero-order chi connectivity index (χ0) is 21.9. The number of amides is 3. The van der Waals surface area contributed by atoms with Crippen molar-refractivity contribution >= 4 is 23.7 Å². The lowest BCUT2D eigenvalue weighted by Crippen LogP contribution is -2.57. The zero-order valence-electron chi connectivity index (χ0n) is 16.6. The van der Waals surface area contributed by atoms with E-state index in [1.807, 2.05) is 0 Å². The van der Waals surface area contributed by atoms with Crippen LogP contribution in [0.3, 0.4) is 0 Å². The average molecular weight is 403 g/mol. The van der Waals surface area contributed by atoms with Gasteiger partial charge in [-0.15, -0.1) is 0 Å². The Balaban J connectivity index is 4.71. The van der Waals surface area contributed by atoms with Crippen molar-refractivity contribution in [2.75, 3.05) is 13.2 Å². The second-order valence-electron chi connectivity index (χ2n) is 6.93. The first-order valence-electron chi connectivity index (χ1n) is 9.25. The molecule has 11 nitrogen and oxygen atoms in total. The number of carbonyl (C=O) groups excluding carboxylic acids is 3. The third-order valence-corrected chi connectivity index (χ3v) is 4.10. The quantitative estimate of drug-likeness (QED) is 0.166. The molecule has 0 aliphatic rings. The van der Waals surface area contributed by atoms with E-state index in [-0.39, 0.29) is 5.92 Å². The highest BCUT2D eigenvalue weighted by atomic mass is 16.4. The Bertz CT molecular complexity index is 542. The Morgan fingerprint density at radius 1 is 0.929 bits per heavy atom. The van der Waals surface area contributed by atoms with E-state index in [4.69, 9.17) is 16.6 Å². The normalized spacial score (nSPS) is 15.2. The Kier molecular flexibility index (Phi) is 12.0. The first-order chi connectivity index (χ1) is 13.0. The van der Waals surface area contributed by atoms with Crippen LogP contribution in [0.15, 0.2) is 0 Å². The Labute approximate surface area is 164 Å². The Hall–Kier alpha value is -2.24. The van der Waals surface area contributed by atoms with E-state index in [0.717, 1.165) is 0 Å². The summed E-state index contributed by atoms with van der Waals surface area (Å²) in [6.07, 6.45) is 1.75. The van der Waals surface area contributed by atoms with Gasteiger partial charge in [-0.05, 0) is 32.2 Å². The van der Waals surface area contributed by atoms with Crippen LogP contribution in [0, 0.1) is 5.92 Å². The van der Waals surface area contributed by atoms with Crippen LogP contribution in [0.5, 0.6) is 0 Å². The van der Waals surface area contributed by atoms with E-state index in [1.54, 1.807) is 13.8 Å². The van der Waals surface area contributed by atoms with Crippen LogP contribution >= 0.6 is 0 Å². The van der Waals surface area contributed by atoms with Crippen molar-refractivity contribution in [1.29, 1.82) is 0 Å². The molecule has 0 aliphatic carbocycles. The lowest BCUT2D eigenvalue weighted by Gasteiger charge is -2.23. The van der Waals surface area contributed by atoms with Gasteiger partial charge in [0.15, 0.2) is 0 Å². The van der Waals surface area contributed by atoms with Crippen molar-refractivity contribution in [2.45, 2.75) is 64.2 Å². The van der Waals surface area contributed by atoms with Gasteiger partial charge in [-0.25, -0.2) is 4.79 Å². The molecular weight excluding hydrogens is 370 g/mol. The molecule has 0 saturated carbocycles. The molecule has 11 heteroatoms. The van der Waals surface area contributed by atoms with E-state index < -0.39 is 54.5 Å². The highest BCUT2D eigenvalue weighted by Crippen LogP contribution is 2.02. The van der Waals surface area contributed by atoms with Crippen molar-refractivity contribution < 1.29 is 29.4 Å².